The maximum atomic E-state index is 13.3. The Morgan fingerprint density at radius 2 is 1.80 bits per heavy atom. The highest BCUT2D eigenvalue weighted by Gasteiger charge is 2.18. The molecule has 0 aliphatic rings. The zero-order valence-corrected chi connectivity index (χ0v) is 14.6. The average Bonchev–Trinajstić information content (AvgIpc) is 2.59. The number of carbonyl (C=O) groups is 1. The molecule has 25 heavy (non-hydrogen) atoms. The molecule has 6 heteroatoms. The molecule has 0 spiro atoms. The molecule has 2 rings (SSSR count). The molecule has 1 atom stereocenters. The minimum Gasteiger partial charge on any atom is -0.492 e. The molecule has 2 aromatic carbocycles. The standard InChI is InChI=1S/C19H22F2N2O2/c1-13-4-5-16(21)12-18(13)22-19(24)14(2)23(3)10-11-25-17-8-6-15(20)7-9-17/h4-9,12,14H,10-11H2,1-3H3,(H,22,24). The molecule has 1 unspecified atom stereocenters. The minimum atomic E-state index is -0.417. The van der Waals surface area contributed by atoms with Gasteiger partial charge in [0.25, 0.3) is 0 Å². The van der Waals surface area contributed by atoms with Gasteiger partial charge in [0.2, 0.25) is 5.91 Å². The Morgan fingerprint density at radius 3 is 2.48 bits per heavy atom. The summed E-state index contributed by atoms with van der Waals surface area (Å²) in [5.41, 5.74) is 1.26. The Morgan fingerprint density at radius 1 is 1.16 bits per heavy atom. The highest BCUT2D eigenvalue weighted by molar-refractivity contribution is 5.95. The van der Waals surface area contributed by atoms with Gasteiger partial charge >= 0.3 is 0 Å². The molecule has 0 radical (unpaired) electrons. The first-order valence-electron chi connectivity index (χ1n) is 8.02. The van der Waals surface area contributed by atoms with Crippen molar-refractivity contribution >= 4 is 11.6 Å². The van der Waals surface area contributed by atoms with Crippen LogP contribution in [0.5, 0.6) is 5.75 Å². The van der Waals surface area contributed by atoms with Crippen LogP contribution in [0, 0.1) is 18.6 Å². The number of rotatable bonds is 7. The van der Waals surface area contributed by atoms with Gasteiger partial charge in [-0.15, -0.1) is 0 Å². The number of ether oxygens (including phenoxy) is 1. The lowest BCUT2D eigenvalue weighted by atomic mass is 10.2. The van der Waals surface area contributed by atoms with Crippen LogP contribution in [0.25, 0.3) is 0 Å². The molecular weight excluding hydrogens is 326 g/mol. The van der Waals surface area contributed by atoms with Crippen LogP contribution in [0.1, 0.15) is 12.5 Å². The Balaban J connectivity index is 1.84. The predicted molar refractivity (Wildman–Crippen MR) is 93.8 cm³/mol. The summed E-state index contributed by atoms with van der Waals surface area (Å²) in [6, 6.07) is 9.63. The van der Waals surface area contributed by atoms with Crippen LogP contribution in [-0.4, -0.2) is 37.0 Å². The van der Waals surface area contributed by atoms with Crippen LogP contribution in [0.15, 0.2) is 42.5 Å². The van der Waals surface area contributed by atoms with E-state index >= 15 is 0 Å². The lowest BCUT2D eigenvalue weighted by molar-refractivity contribution is -0.120. The zero-order chi connectivity index (χ0) is 18.4. The number of amides is 1. The van der Waals surface area contributed by atoms with Gasteiger partial charge in [0.05, 0.1) is 6.04 Å². The number of hydrogen-bond acceptors (Lipinski definition) is 3. The zero-order valence-electron chi connectivity index (χ0n) is 14.6. The molecular formula is C19H22F2N2O2. The number of carbonyl (C=O) groups excluding carboxylic acids is 1. The Labute approximate surface area is 146 Å². The molecule has 2 aromatic rings. The topological polar surface area (TPSA) is 41.6 Å². The summed E-state index contributed by atoms with van der Waals surface area (Å²) in [7, 11) is 1.80. The SMILES string of the molecule is Cc1ccc(F)cc1NC(=O)C(C)N(C)CCOc1ccc(F)cc1. The highest BCUT2D eigenvalue weighted by atomic mass is 19.1. The van der Waals surface area contributed by atoms with Crippen molar-refractivity contribution in [1.82, 2.24) is 4.90 Å². The molecule has 134 valence electrons. The van der Waals surface area contributed by atoms with E-state index in [1.165, 1.54) is 24.3 Å². The fourth-order valence-corrected chi connectivity index (χ4v) is 2.20. The number of likely N-dealkylation sites (N-methyl/N-ethyl adjacent to an activating group) is 1. The van der Waals surface area contributed by atoms with E-state index < -0.39 is 11.9 Å². The van der Waals surface area contributed by atoms with Gasteiger partial charge in [0, 0.05) is 12.2 Å². The summed E-state index contributed by atoms with van der Waals surface area (Å²) in [6.07, 6.45) is 0. The molecule has 0 aromatic heterocycles. The van der Waals surface area contributed by atoms with Crippen LogP contribution in [0.2, 0.25) is 0 Å². The second-order valence-electron chi connectivity index (χ2n) is 5.91. The van der Waals surface area contributed by atoms with Crippen molar-refractivity contribution < 1.29 is 18.3 Å². The van der Waals surface area contributed by atoms with Crippen LogP contribution in [0.3, 0.4) is 0 Å². The number of nitrogens with zero attached hydrogens (tertiary/aromatic N) is 1. The first-order chi connectivity index (χ1) is 11.9. The van der Waals surface area contributed by atoms with Gasteiger partial charge in [0.1, 0.15) is 24.0 Å². The lowest BCUT2D eigenvalue weighted by Gasteiger charge is -2.24. The van der Waals surface area contributed by atoms with E-state index in [9.17, 15) is 13.6 Å². The lowest BCUT2D eigenvalue weighted by Crippen LogP contribution is -2.41. The van der Waals surface area contributed by atoms with Gasteiger partial charge in [0.15, 0.2) is 0 Å². The van der Waals surface area contributed by atoms with Gasteiger partial charge in [-0.1, -0.05) is 6.07 Å². The number of anilines is 1. The maximum absolute atomic E-state index is 13.3. The number of benzene rings is 2. The average molecular weight is 348 g/mol. The Hall–Kier alpha value is -2.47. The number of aryl methyl sites for hydroxylation is 1. The number of halogens is 2. The van der Waals surface area contributed by atoms with Crippen molar-refractivity contribution in [3.63, 3.8) is 0 Å². The van der Waals surface area contributed by atoms with Crippen molar-refractivity contribution in [3.8, 4) is 5.75 Å². The first-order valence-corrected chi connectivity index (χ1v) is 8.02. The predicted octanol–water partition coefficient (Wildman–Crippen LogP) is 3.61. The third kappa shape index (κ3) is 5.53. The molecule has 0 saturated carbocycles. The van der Waals surface area contributed by atoms with Gasteiger partial charge in [-0.2, -0.15) is 0 Å². The Kier molecular flexibility index (Phi) is 6.47. The van der Waals surface area contributed by atoms with Gasteiger partial charge in [-0.25, -0.2) is 8.78 Å². The minimum absolute atomic E-state index is 0.224. The quantitative estimate of drug-likeness (QED) is 0.831. The molecule has 0 aliphatic carbocycles. The fraction of sp³-hybridized carbons (Fsp3) is 0.316. The van der Waals surface area contributed by atoms with E-state index in [1.54, 1.807) is 39.1 Å². The highest BCUT2D eigenvalue weighted by Crippen LogP contribution is 2.17. The van der Waals surface area contributed by atoms with Crippen molar-refractivity contribution in [3.05, 3.63) is 59.7 Å². The van der Waals surface area contributed by atoms with E-state index in [0.717, 1.165) is 5.56 Å². The van der Waals surface area contributed by atoms with E-state index in [-0.39, 0.29) is 11.7 Å². The smallest absolute Gasteiger partial charge is 0.241 e. The molecule has 0 saturated heterocycles. The molecule has 0 heterocycles. The summed E-state index contributed by atoms with van der Waals surface area (Å²) in [5.74, 6) is -0.364. The first kappa shape index (κ1) is 18.9. The molecule has 1 N–H and O–H groups in total. The summed E-state index contributed by atoms with van der Waals surface area (Å²) in [4.78, 5) is 14.2. The van der Waals surface area contributed by atoms with Gasteiger partial charge < -0.3 is 10.1 Å². The van der Waals surface area contributed by atoms with E-state index in [1.807, 2.05) is 4.90 Å². The summed E-state index contributed by atoms with van der Waals surface area (Å²) < 4.78 is 31.7. The molecule has 4 nitrogen and oxygen atoms in total. The van der Waals surface area contributed by atoms with Crippen LogP contribution < -0.4 is 10.1 Å². The molecule has 0 fully saturated rings. The van der Waals surface area contributed by atoms with Gasteiger partial charge in [-0.3, -0.25) is 9.69 Å². The third-order valence-corrected chi connectivity index (χ3v) is 4.02. The molecule has 0 bridgehead atoms. The fourth-order valence-electron chi connectivity index (χ4n) is 2.20. The van der Waals surface area contributed by atoms with Crippen LogP contribution in [-0.2, 0) is 4.79 Å². The molecule has 0 aliphatic heterocycles. The van der Waals surface area contributed by atoms with Crippen molar-refractivity contribution in [2.75, 3.05) is 25.5 Å². The Bertz CT molecular complexity index is 720. The normalized spacial score (nSPS) is 12.1. The van der Waals surface area contributed by atoms with Crippen LogP contribution in [0.4, 0.5) is 14.5 Å². The van der Waals surface area contributed by atoms with Crippen LogP contribution >= 0.6 is 0 Å². The van der Waals surface area contributed by atoms with E-state index in [2.05, 4.69) is 5.32 Å². The monoisotopic (exact) mass is 348 g/mol. The van der Waals surface area contributed by atoms with Crippen molar-refractivity contribution in [2.24, 2.45) is 0 Å². The van der Waals surface area contributed by atoms with Crippen molar-refractivity contribution in [1.29, 1.82) is 0 Å². The number of hydrogen-bond donors (Lipinski definition) is 1. The van der Waals surface area contributed by atoms with E-state index in [4.69, 9.17) is 4.74 Å². The summed E-state index contributed by atoms with van der Waals surface area (Å²) >= 11 is 0. The third-order valence-electron chi connectivity index (χ3n) is 4.02. The number of nitrogens with one attached hydrogen (secondary N) is 1. The summed E-state index contributed by atoms with van der Waals surface area (Å²) in [6.45, 7) is 4.44. The molecule has 1 amide bonds. The largest absolute Gasteiger partial charge is 0.492 e. The second kappa shape index (κ2) is 8.58. The van der Waals surface area contributed by atoms with E-state index in [0.29, 0.717) is 24.6 Å². The summed E-state index contributed by atoms with van der Waals surface area (Å²) in [5, 5.41) is 2.74. The maximum Gasteiger partial charge on any atom is 0.241 e. The van der Waals surface area contributed by atoms with Gasteiger partial charge in [-0.05, 0) is 62.9 Å². The second-order valence-corrected chi connectivity index (χ2v) is 5.91. The van der Waals surface area contributed by atoms with Crippen molar-refractivity contribution in [2.45, 2.75) is 19.9 Å².